The van der Waals surface area contributed by atoms with E-state index < -0.39 is 0 Å². The summed E-state index contributed by atoms with van der Waals surface area (Å²) in [6.07, 6.45) is 9.05. The van der Waals surface area contributed by atoms with Crippen molar-refractivity contribution < 1.29 is 5.11 Å². The molecule has 3 aromatic rings. The molecule has 0 aliphatic heterocycles. The van der Waals surface area contributed by atoms with Gasteiger partial charge < -0.3 is 14.2 Å². The van der Waals surface area contributed by atoms with Crippen LogP contribution in [0.5, 0.6) is 0 Å². The predicted octanol–water partition coefficient (Wildman–Crippen LogP) is 2.21. The molecule has 0 bridgehead atoms. The Morgan fingerprint density at radius 3 is 2.40 bits per heavy atom. The SMILES string of the molecule is O=c1c2cc3c(=O)n(C4CCCCC4)ccc3nc2ccn1CCO. The summed E-state index contributed by atoms with van der Waals surface area (Å²) in [5.74, 6) is 0. The minimum Gasteiger partial charge on any atom is -0.395 e. The lowest BCUT2D eigenvalue weighted by atomic mass is 9.95. The van der Waals surface area contributed by atoms with Gasteiger partial charge in [0.25, 0.3) is 11.1 Å². The zero-order valence-electron chi connectivity index (χ0n) is 14.0. The van der Waals surface area contributed by atoms with Crippen LogP contribution in [0.2, 0.25) is 0 Å². The van der Waals surface area contributed by atoms with E-state index in [0.29, 0.717) is 21.8 Å². The number of aliphatic hydroxyl groups is 1. The molecule has 0 radical (unpaired) electrons. The Balaban J connectivity index is 1.92. The average Bonchev–Trinajstić information content (AvgIpc) is 2.64. The maximum Gasteiger partial charge on any atom is 0.260 e. The van der Waals surface area contributed by atoms with Crippen molar-refractivity contribution in [2.75, 3.05) is 6.61 Å². The van der Waals surface area contributed by atoms with Crippen LogP contribution in [0.1, 0.15) is 38.1 Å². The number of nitrogens with zero attached hydrogens (tertiary/aromatic N) is 3. The van der Waals surface area contributed by atoms with Gasteiger partial charge in [0.1, 0.15) is 0 Å². The Morgan fingerprint density at radius 1 is 1.00 bits per heavy atom. The van der Waals surface area contributed by atoms with Gasteiger partial charge in [-0.3, -0.25) is 9.59 Å². The highest BCUT2D eigenvalue weighted by molar-refractivity contribution is 5.91. The number of hydrogen-bond acceptors (Lipinski definition) is 4. The van der Waals surface area contributed by atoms with Crippen molar-refractivity contribution in [2.24, 2.45) is 0 Å². The van der Waals surface area contributed by atoms with Crippen LogP contribution in [0, 0.1) is 0 Å². The van der Waals surface area contributed by atoms with Crippen molar-refractivity contribution >= 4 is 21.8 Å². The largest absolute Gasteiger partial charge is 0.395 e. The topological polar surface area (TPSA) is 77.1 Å². The summed E-state index contributed by atoms with van der Waals surface area (Å²) in [6.45, 7) is 0.120. The molecule has 1 aliphatic rings. The average molecular weight is 339 g/mol. The summed E-state index contributed by atoms with van der Waals surface area (Å²) in [5.41, 5.74) is 0.884. The molecule has 0 spiro atoms. The van der Waals surface area contributed by atoms with Gasteiger partial charge in [0.15, 0.2) is 0 Å². The molecule has 0 atom stereocenters. The first-order valence-electron chi connectivity index (χ1n) is 8.85. The standard InChI is InChI=1S/C19H21N3O3/c23-11-10-21-8-6-16-14(18(21)24)12-15-17(20-16)7-9-22(19(15)25)13-4-2-1-3-5-13/h6-9,12-13,23H,1-5,10-11H2. The van der Waals surface area contributed by atoms with E-state index in [-0.39, 0.29) is 30.3 Å². The highest BCUT2D eigenvalue weighted by Crippen LogP contribution is 2.27. The Kier molecular flexibility index (Phi) is 4.13. The molecule has 0 saturated heterocycles. The van der Waals surface area contributed by atoms with Gasteiger partial charge in [0.2, 0.25) is 0 Å². The first-order chi connectivity index (χ1) is 12.2. The quantitative estimate of drug-likeness (QED) is 0.742. The second-order valence-corrected chi connectivity index (χ2v) is 6.71. The molecule has 3 aromatic heterocycles. The number of rotatable bonds is 3. The molecule has 0 unspecified atom stereocenters. The van der Waals surface area contributed by atoms with Gasteiger partial charge >= 0.3 is 0 Å². The van der Waals surface area contributed by atoms with Gasteiger partial charge in [0.05, 0.1) is 28.4 Å². The molecular formula is C19H21N3O3. The van der Waals surface area contributed by atoms with Crippen LogP contribution in [0.15, 0.2) is 40.2 Å². The van der Waals surface area contributed by atoms with Gasteiger partial charge in [-0.2, -0.15) is 0 Å². The summed E-state index contributed by atoms with van der Waals surface area (Å²) in [4.78, 5) is 30.0. The molecule has 4 rings (SSSR count). The summed E-state index contributed by atoms with van der Waals surface area (Å²) < 4.78 is 3.25. The van der Waals surface area contributed by atoms with E-state index in [1.54, 1.807) is 18.3 Å². The first kappa shape index (κ1) is 16.0. The van der Waals surface area contributed by atoms with E-state index in [4.69, 9.17) is 5.11 Å². The van der Waals surface area contributed by atoms with Gasteiger partial charge in [-0.05, 0) is 31.0 Å². The Hall–Kier alpha value is -2.47. The van der Waals surface area contributed by atoms with Gasteiger partial charge in [-0.1, -0.05) is 19.3 Å². The van der Waals surface area contributed by atoms with Crippen LogP contribution in [-0.2, 0) is 6.54 Å². The monoisotopic (exact) mass is 339 g/mol. The van der Waals surface area contributed by atoms with Crippen molar-refractivity contribution in [1.29, 1.82) is 0 Å². The minimum absolute atomic E-state index is 0.0734. The third-order valence-electron chi connectivity index (χ3n) is 5.15. The molecule has 130 valence electrons. The van der Waals surface area contributed by atoms with Crippen LogP contribution in [0.25, 0.3) is 21.8 Å². The lowest BCUT2D eigenvalue weighted by Gasteiger charge is -2.24. The summed E-state index contributed by atoms with van der Waals surface area (Å²) in [6, 6.07) is 5.51. The van der Waals surface area contributed by atoms with E-state index >= 15 is 0 Å². The van der Waals surface area contributed by atoms with E-state index in [0.717, 1.165) is 25.7 Å². The number of hydrogen-bond donors (Lipinski definition) is 1. The summed E-state index contributed by atoms with van der Waals surface area (Å²) in [5, 5.41) is 9.99. The smallest absolute Gasteiger partial charge is 0.260 e. The molecule has 6 heteroatoms. The van der Waals surface area contributed by atoms with Crippen molar-refractivity contribution in [3.63, 3.8) is 0 Å². The first-order valence-corrected chi connectivity index (χ1v) is 8.85. The second kappa shape index (κ2) is 6.44. The summed E-state index contributed by atoms with van der Waals surface area (Å²) >= 11 is 0. The van der Waals surface area contributed by atoms with E-state index in [1.807, 2.05) is 16.8 Å². The number of fused-ring (bicyclic) bond motifs is 2. The minimum atomic E-state index is -0.228. The van der Waals surface area contributed by atoms with Crippen LogP contribution in [0.4, 0.5) is 0 Å². The number of pyridine rings is 3. The van der Waals surface area contributed by atoms with Crippen LogP contribution in [0.3, 0.4) is 0 Å². The molecule has 0 amide bonds. The highest BCUT2D eigenvalue weighted by Gasteiger charge is 2.18. The van der Waals surface area contributed by atoms with Crippen LogP contribution < -0.4 is 11.1 Å². The van der Waals surface area contributed by atoms with E-state index in [1.165, 1.54) is 11.0 Å². The molecule has 0 aromatic carbocycles. The zero-order chi connectivity index (χ0) is 17.4. The molecule has 6 nitrogen and oxygen atoms in total. The van der Waals surface area contributed by atoms with Crippen molar-refractivity contribution in [3.8, 4) is 0 Å². The van der Waals surface area contributed by atoms with Crippen LogP contribution in [-0.4, -0.2) is 25.8 Å². The van der Waals surface area contributed by atoms with E-state index in [9.17, 15) is 9.59 Å². The number of aromatic nitrogens is 3. The predicted molar refractivity (Wildman–Crippen MR) is 97.0 cm³/mol. The second-order valence-electron chi connectivity index (χ2n) is 6.71. The molecular weight excluding hydrogens is 318 g/mol. The molecule has 1 N–H and O–H groups in total. The Bertz CT molecular complexity index is 1050. The summed E-state index contributed by atoms with van der Waals surface area (Å²) in [7, 11) is 0. The maximum absolute atomic E-state index is 13.0. The fourth-order valence-corrected chi connectivity index (χ4v) is 3.81. The normalized spacial score (nSPS) is 15.9. The molecule has 1 saturated carbocycles. The van der Waals surface area contributed by atoms with Crippen molar-refractivity contribution in [3.05, 3.63) is 51.3 Å². The van der Waals surface area contributed by atoms with Crippen molar-refractivity contribution in [2.45, 2.75) is 44.7 Å². The van der Waals surface area contributed by atoms with Gasteiger partial charge in [0, 0.05) is 25.0 Å². The van der Waals surface area contributed by atoms with Crippen molar-refractivity contribution in [1.82, 2.24) is 14.1 Å². The fourth-order valence-electron chi connectivity index (χ4n) is 3.81. The zero-order valence-corrected chi connectivity index (χ0v) is 14.0. The molecule has 1 fully saturated rings. The van der Waals surface area contributed by atoms with Gasteiger partial charge in [-0.15, -0.1) is 0 Å². The molecule has 25 heavy (non-hydrogen) atoms. The lowest BCUT2D eigenvalue weighted by molar-refractivity contribution is 0.274. The Labute approximate surface area is 144 Å². The third kappa shape index (κ3) is 2.76. The van der Waals surface area contributed by atoms with Gasteiger partial charge in [-0.25, -0.2) is 4.98 Å². The molecule has 3 heterocycles. The maximum atomic E-state index is 13.0. The molecule has 1 aliphatic carbocycles. The fraction of sp³-hybridized carbons (Fsp3) is 0.421. The van der Waals surface area contributed by atoms with Crippen LogP contribution >= 0.6 is 0 Å². The third-order valence-corrected chi connectivity index (χ3v) is 5.15. The number of aliphatic hydroxyl groups excluding tert-OH is 1. The van der Waals surface area contributed by atoms with E-state index in [2.05, 4.69) is 4.98 Å². The highest BCUT2D eigenvalue weighted by atomic mass is 16.3. The lowest BCUT2D eigenvalue weighted by Crippen LogP contribution is -2.26. The Morgan fingerprint density at radius 2 is 1.68 bits per heavy atom.